The molecule has 0 radical (unpaired) electrons. The molecule has 15 heavy (non-hydrogen) atoms. The summed E-state index contributed by atoms with van der Waals surface area (Å²) < 4.78 is 0.810. The van der Waals surface area contributed by atoms with E-state index in [1.807, 2.05) is 23.6 Å². The lowest BCUT2D eigenvalue weighted by molar-refractivity contribution is 1.12. The van der Waals surface area contributed by atoms with E-state index in [-0.39, 0.29) is 0 Å². The van der Waals surface area contributed by atoms with Gasteiger partial charge in [-0.1, -0.05) is 29.3 Å². The second kappa shape index (κ2) is 4.84. The van der Waals surface area contributed by atoms with E-state index < -0.39 is 0 Å². The minimum Gasteiger partial charge on any atom is -0.366 e. The number of nitrogens with zero attached hydrogens (tertiary/aromatic N) is 1. The maximum Gasteiger partial charge on any atom is 0.131 e. The van der Waals surface area contributed by atoms with Crippen molar-refractivity contribution < 1.29 is 0 Å². The molecule has 0 aliphatic heterocycles. The zero-order chi connectivity index (χ0) is 10.7. The van der Waals surface area contributed by atoms with Crippen LogP contribution < -0.4 is 5.32 Å². The van der Waals surface area contributed by atoms with Gasteiger partial charge in [0, 0.05) is 12.1 Å². The van der Waals surface area contributed by atoms with Gasteiger partial charge in [0.15, 0.2) is 0 Å². The summed E-state index contributed by atoms with van der Waals surface area (Å²) in [4.78, 5) is 4.12. The maximum absolute atomic E-state index is 5.97. The maximum atomic E-state index is 5.97. The molecule has 2 rings (SSSR count). The molecule has 0 spiro atoms. The Morgan fingerprint density at radius 2 is 2.13 bits per heavy atom. The quantitative estimate of drug-likeness (QED) is 0.840. The van der Waals surface area contributed by atoms with Crippen molar-refractivity contribution in [3.63, 3.8) is 0 Å². The summed E-state index contributed by atoms with van der Waals surface area (Å²) >= 11 is 13.3. The summed E-state index contributed by atoms with van der Waals surface area (Å²) in [7, 11) is 0. The average molecular weight is 259 g/mol. The first-order valence-electron chi connectivity index (χ1n) is 4.34. The summed E-state index contributed by atoms with van der Waals surface area (Å²) in [5.41, 5.74) is 1.07. The Morgan fingerprint density at radius 1 is 1.27 bits per heavy atom. The molecule has 2 heterocycles. The standard InChI is InChI=1S/C10H8Cl2N2S/c11-8-2-1-3-9(14-8)13-6-7-4-5-15-10(7)12/h1-5H,6H2,(H,13,14). The first-order chi connectivity index (χ1) is 7.25. The van der Waals surface area contributed by atoms with Crippen LogP contribution >= 0.6 is 34.5 Å². The van der Waals surface area contributed by atoms with Gasteiger partial charge in [0.1, 0.15) is 11.0 Å². The van der Waals surface area contributed by atoms with Gasteiger partial charge in [-0.25, -0.2) is 4.98 Å². The molecule has 0 amide bonds. The van der Waals surface area contributed by atoms with Crippen LogP contribution in [0.25, 0.3) is 0 Å². The van der Waals surface area contributed by atoms with Gasteiger partial charge in [-0.05, 0) is 23.6 Å². The number of pyridine rings is 1. The minimum atomic E-state index is 0.483. The molecular weight excluding hydrogens is 251 g/mol. The van der Waals surface area contributed by atoms with Crippen molar-refractivity contribution in [2.75, 3.05) is 5.32 Å². The number of halogens is 2. The summed E-state index contributed by atoms with van der Waals surface area (Å²) in [6.45, 7) is 0.662. The van der Waals surface area contributed by atoms with E-state index in [0.29, 0.717) is 11.7 Å². The highest BCUT2D eigenvalue weighted by atomic mass is 35.5. The molecule has 0 atom stereocenters. The van der Waals surface area contributed by atoms with Crippen LogP contribution in [0, 0.1) is 0 Å². The fraction of sp³-hybridized carbons (Fsp3) is 0.100. The van der Waals surface area contributed by atoms with Crippen molar-refractivity contribution in [1.82, 2.24) is 4.98 Å². The monoisotopic (exact) mass is 258 g/mol. The number of nitrogens with one attached hydrogen (secondary N) is 1. The number of anilines is 1. The molecule has 2 aromatic heterocycles. The fourth-order valence-corrected chi connectivity index (χ4v) is 2.23. The third kappa shape index (κ3) is 2.84. The number of thiophene rings is 1. The first-order valence-corrected chi connectivity index (χ1v) is 5.97. The lowest BCUT2D eigenvalue weighted by Gasteiger charge is -2.04. The fourth-order valence-electron chi connectivity index (χ4n) is 1.14. The highest BCUT2D eigenvalue weighted by Crippen LogP contribution is 2.23. The van der Waals surface area contributed by atoms with Gasteiger partial charge in [0.25, 0.3) is 0 Å². The van der Waals surface area contributed by atoms with Crippen LogP contribution in [0.1, 0.15) is 5.56 Å². The molecule has 5 heteroatoms. The zero-order valence-corrected chi connectivity index (χ0v) is 10.0. The average Bonchev–Trinajstić information content (AvgIpc) is 2.61. The van der Waals surface area contributed by atoms with Crippen LogP contribution in [-0.4, -0.2) is 4.98 Å². The van der Waals surface area contributed by atoms with E-state index >= 15 is 0 Å². The lowest BCUT2D eigenvalue weighted by atomic mass is 10.3. The van der Waals surface area contributed by atoms with E-state index in [1.165, 1.54) is 11.3 Å². The minimum absolute atomic E-state index is 0.483. The van der Waals surface area contributed by atoms with Gasteiger partial charge in [-0.3, -0.25) is 0 Å². The van der Waals surface area contributed by atoms with Crippen LogP contribution in [0.5, 0.6) is 0 Å². The Bertz CT molecular complexity index is 456. The molecule has 2 aromatic rings. The summed E-state index contributed by atoms with van der Waals surface area (Å²) in [5, 5.41) is 5.60. The third-order valence-corrected chi connectivity index (χ3v) is 3.33. The van der Waals surface area contributed by atoms with Crippen LogP contribution in [0.3, 0.4) is 0 Å². The first kappa shape index (κ1) is 10.7. The molecule has 2 nitrogen and oxygen atoms in total. The van der Waals surface area contributed by atoms with Gasteiger partial charge in [-0.2, -0.15) is 0 Å². The van der Waals surface area contributed by atoms with E-state index in [1.54, 1.807) is 6.07 Å². The molecule has 0 saturated carbocycles. The molecule has 0 fully saturated rings. The zero-order valence-electron chi connectivity index (χ0n) is 7.71. The van der Waals surface area contributed by atoms with Crippen LogP contribution in [-0.2, 0) is 6.54 Å². The largest absolute Gasteiger partial charge is 0.366 e. The lowest BCUT2D eigenvalue weighted by Crippen LogP contribution is -2.00. The summed E-state index contributed by atoms with van der Waals surface area (Å²) in [5.74, 6) is 0.754. The van der Waals surface area contributed by atoms with Gasteiger partial charge in [0.2, 0.25) is 0 Å². The molecule has 0 aromatic carbocycles. The van der Waals surface area contributed by atoms with E-state index in [9.17, 15) is 0 Å². The molecule has 0 aliphatic carbocycles. The molecule has 78 valence electrons. The Morgan fingerprint density at radius 3 is 2.80 bits per heavy atom. The van der Waals surface area contributed by atoms with Gasteiger partial charge in [0.05, 0.1) is 4.34 Å². The Balaban J connectivity index is 2.02. The van der Waals surface area contributed by atoms with E-state index in [0.717, 1.165) is 15.7 Å². The Kier molecular flexibility index (Phi) is 3.46. The van der Waals surface area contributed by atoms with Crippen molar-refractivity contribution in [3.05, 3.63) is 44.7 Å². The SMILES string of the molecule is Clc1cccc(NCc2ccsc2Cl)n1. The number of rotatable bonds is 3. The molecule has 0 bridgehead atoms. The summed E-state index contributed by atoms with van der Waals surface area (Å²) in [6, 6.07) is 7.45. The van der Waals surface area contributed by atoms with Gasteiger partial charge >= 0.3 is 0 Å². The van der Waals surface area contributed by atoms with Crippen LogP contribution in [0.4, 0.5) is 5.82 Å². The second-order valence-corrected chi connectivity index (χ2v) is 4.82. The topological polar surface area (TPSA) is 24.9 Å². The smallest absolute Gasteiger partial charge is 0.131 e. The highest BCUT2D eigenvalue weighted by Gasteiger charge is 2.01. The number of hydrogen-bond acceptors (Lipinski definition) is 3. The van der Waals surface area contributed by atoms with Crippen LogP contribution in [0.2, 0.25) is 9.49 Å². The third-order valence-electron chi connectivity index (χ3n) is 1.87. The van der Waals surface area contributed by atoms with Crippen molar-refractivity contribution in [2.45, 2.75) is 6.54 Å². The Labute approximate surface area is 102 Å². The van der Waals surface area contributed by atoms with Crippen LogP contribution in [0.15, 0.2) is 29.6 Å². The predicted molar refractivity (Wildman–Crippen MR) is 65.9 cm³/mol. The highest BCUT2D eigenvalue weighted by molar-refractivity contribution is 7.14. The van der Waals surface area contributed by atoms with Gasteiger partial charge < -0.3 is 5.32 Å². The number of hydrogen-bond donors (Lipinski definition) is 1. The molecular formula is C10H8Cl2N2S. The number of aromatic nitrogens is 1. The van der Waals surface area contributed by atoms with E-state index in [4.69, 9.17) is 23.2 Å². The Hall–Kier alpha value is -0.770. The second-order valence-electron chi connectivity index (χ2n) is 2.92. The van der Waals surface area contributed by atoms with Crippen molar-refractivity contribution >= 4 is 40.4 Å². The van der Waals surface area contributed by atoms with Crippen molar-refractivity contribution in [1.29, 1.82) is 0 Å². The van der Waals surface area contributed by atoms with Crippen molar-refractivity contribution in [2.24, 2.45) is 0 Å². The predicted octanol–water partition coefficient (Wildman–Crippen LogP) is 4.06. The van der Waals surface area contributed by atoms with Gasteiger partial charge in [-0.15, -0.1) is 11.3 Å². The normalized spacial score (nSPS) is 10.3. The molecule has 0 aliphatic rings. The molecule has 0 unspecified atom stereocenters. The summed E-state index contributed by atoms with van der Waals surface area (Å²) in [6.07, 6.45) is 0. The molecule has 1 N–H and O–H groups in total. The molecule has 0 saturated heterocycles. The van der Waals surface area contributed by atoms with E-state index in [2.05, 4.69) is 10.3 Å². The van der Waals surface area contributed by atoms with Crippen molar-refractivity contribution in [3.8, 4) is 0 Å².